The Labute approximate surface area is 228 Å². The van der Waals surface area contributed by atoms with Gasteiger partial charge in [0.05, 0.1) is 33.7 Å². The van der Waals surface area contributed by atoms with E-state index in [0.717, 1.165) is 11.1 Å². The first-order valence-corrected chi connectivity index (χ1v) is 13.6. The summed E-state index contributed by atoms with van der Waals surface area (Å²) in [5, 5.41) is 5.70. The maximum Gasteiger partial charge on any atom is 0.327 e. The molecule has 40 heavy (non-hydrogen) atoms. The van der Waals surface area contributed by atoms with Crippen LogP contribution in [0.2, 0.25) is 0 Å². The molecule has 1 aromatic carbocycles. The minimum atomic E-state index is -4.41. The van der Waals surface area contributed by atoms with Gasteiger partial charge < -0.3 is 39.4 Å². The molecule has 0 saturated heterocycles. The molecule has 16 heteroatoms. The lowest BCUT2D eigenvalue weighted by Gasteiger charge is -2.38. The number of carbonyl (C=O) groups excluding carboxylic acids is 1. The van der Waals surface area contributed by atoms with E-state index in [1.165, 1.54) is 47.3 Å². The van der Waals surface area contributed by atoms with Crippen molar-refractivity contribution in [3.63, 3.8) is 0 Å². The largest absolute Gasteiger partial charge is 0.493 e. The van der Waals surface area contributed by atoms with Gasteiger partial charge in [0.25, 0.3) is 5.91 Å². The zero-order valence-corrected chi connectivity index (χ0v) is 23.2. The van der Waals surface area contributed by atoms with E-state index >= 15 is 0 Å². The number of benzene rings is 1. The topological polar surface area (TPSA) is 177 Å². The minimum Gasteiger partial charge on any atom is -0.493 e. The number of hydrogen-bond donors (Lipinski definition) is 4. The van der Waals surface area contributed by atoms with Gasteiger partial charge in [-0.1, -0.05) is 0 Å². The third-order valence-electron chi connectivity index (χ3n) is 5.75. The van der Waals surface area contributed by atoms with Crippen LogP contribution in [0.5, 0.6) is 23.0 Å². The number of carbonyl (C=O) groups is 1. The number of ether oxygens (including phenoxy) is 4. The van der Waals surface area contributed by atoms with Gasteiger partial charge in [-0.05, 0) is 26.0 Å². The molecule has 4 N–H and O–H groups in total. The molecular weight excluding hydrogens is 550 g/mol. The Balaban J connectivity index is 1.62. The van der Waals surface area contributed by atoms with Crippen LogP contribution in [0.3, 0.4) is 0 Å². The highest BCUT2D eigenvalue weighted by molar-refractivity contribution is 7.51. The van der Waals surface area contributed by atoms with Crippen LogP contribution in [-0.4, -0.2) is 70.3 Å². The SMILES string of the molecule is COc1cc(Nc2ncc(F)c(Nc3ccc4c(n3)N(CCP(=O)(O)O)C(=O)C(C)(C)O4)n2)cc(OC)c1OC. The number of rotatable bonds is 10. The fourth-order valence-electron chi connectivity index (χ4n) is 3.87. The molecule has 0 bridgehead atoms. The average molecular weight is 578 g/mol. The number of aromatic nitrogens is 3. The number of pyridine rings is 1. The van der Waals surface area contributed by atoms with Gasteiger partial charge in [0.15, 0.2) is 40.3 Å². The molecule has 14 nitrogen and oxygen atoms in total. The van der Waals surface area contributed by atoms with Crippen molar-refractivity contribution in [1.82, 2.24) is 15.0 Å². The molecule has 0 radical (unpaired) electrons. The van der Waals surface area contributed by atoms with Crippen molar-refractivity contribution < 1.29 is 42.5 Å². The summed E-state index contributed by atoms with van der Waals surface area (Å²) in [6, 6.07) is 6.24. The number of hydrogen-bond acceptors (Lipinski definition) is 11. The Morgan fingerprint density at radius 3 is 2.35 bits per heavy atom. The average Bonchev–Trinajstić information content (AvgIpc) is 2.89. The Hall–Kier alpha value is -4.20. The van der Waals surface area contributed by atoms with Crippen molar-refractivity contribution in [1.29, 1.82) is 0 Å². The molecule has 1 aliphatic heterocycles. The minimum absolute atomic E-state index is 0.0213. The fourth-order valence-corrected chi connectivity index (χ4v) is 4.33. The van der Waals surface area contributed by atoms with Gasteiger partial charge >= 0.3 is 7.60 Å². The number of anilines is 5. The fraction of sp³-hybridized carbons (Fsp3) is 0.333. The predicted molar refractivity (Wildman–Crippen MR) is 143 cm³/mol. The van der Waals surface area contributed by atoms with Gasteiger partial charge in [-0.15, -0.1) is 0 Å². The second kappa shape index (κ2) is 11.1. The van der Waals surface area contributed by atoms with E-state index in [-0.39, 0.29) is 35.7 Å². The molecule has 214 valence electrons. The Morgan fingerprint density at radius 2 is 1.75 bits per heavy atom. The van der Waals surface area contributed by atoms with Crippen LogP contribution < -0.4 is 34.5 Å². The van der Waals surface area contributed by atoms with E-state index in [1.807, 2.05) is 0 Å². The smallest absolute Gasteiger partial charge is 0.327 e. The van der Waals surface area contributed by atoms with E-state index in [4.69, 9.17) is 18.9 Å². The molecule has 2 aromatic heterocycles. The zero-order valence-electron chi connectivity index (χ0n) is 22.3. The third kappa shape index (κ3) is 6.17. The van der Waals surface area contributed by atoms with Gasteiger partial charge in [0, 0.05) is 24.4 Å². The maximum absolute atomic E-state index is 14.7. The quantitative estimate of drug-likeness (QED) is 0.258. The number of fused-ring (bicyclic) bond motifs is 1. The molecule has 0 unspecified atom stereocenters. The molecule has 0 fully saturated rings. The lowest BCUT2D eigenvalue weighted by molar-refractivity contribution is -0.132. The molecule has 0 atom stereocenters. The van der Waals surface area contributed by atoms with Crippen molar-refractivity contribution >= 4 is 42.6 Å². The Bertz CT molecular complexity index is 1460. The molecular formula is C24H28FN6O8P. The van der Waals surface area contributed by atoms with Crippen molar-refractivity contribution in [3.05, 3.63) is 36.3 Å². The molecule has 0 spiro atoms. The van der Waals surface area contributed by atoms with E-state index in [9.17, 15) is 23.5 Å². The summed E-state index contributed by atoms with van der Waals surface area (Å²) >= 11 is 0. The number of methoxy groups -OCH3 is 3. The van der Waals surface area contributed by atoms with Crippen LogP contribution in [-0.2, 0) is 9.36 Å². The van der Waals surface area contributed by atoms with Crippen LogP contribution in [0.25, 0.3) is 0 Å². The van der Waals surface area contributed by atoms with Crippen molar-refractivity contribution in [2.75, 3.05) is 49.6 Å². The van der Waals surface area contributed by atoms with E-state index in [2.05, 4.69) is 25.6 Å². The summed E-state index contributed by atoms with van der Waals surface area (Å²) < 4.78 is 47.9. The van der Waals surface area contributed by atoms with Crippen LogP contribution in [0, 0.1) is 5.82 Å². The summed E-state index contributed by atoms with van der Waals surface area (Å²) in [5.74, 6) is -0.0592. The predicted octanol–water partition coefficient (Wildman–Crippen LogP) is 3.21. The van der Waals surface area contributed by atoms with Crippen LogP contribution >= 0.6 is 7.60 Å². The maximum atomic E-state index is 14.7. The molecule has 4 rings (SSSR count). The van der Waals surface area contributed by atoms with Gasteiger partial charge in [-0.2, -0.15) is 4.98 Å². The molecule has 3 heterocycles. The van der Waals surface area contributed by atoms with Crippen LogP contribution in [0.15, 0.2) is 30.5 Å². The van der Waals surface area contributed by atoms with Gasteiger partial charge in [-0.3, -0.25) is 14.3 Å². The molecule has 0 saturated carbocycles. The molecule has 3 aromatic rings. The van der Waals surface area contributed by atoms with E-state index < -0.39 is 31.1 Å². The monoisotopic (exact) mass is 578 g/mol. The molecule has 1 amide bonds. The van der Waals surface area contributed by atoms with Crippen LogP contribution in [0.4, 0.5) is 33.5 Å². The first kappa shape index (κ1) is 28.8. The Kier molecular flexibility index (Phi) is 8.00. The third-order valence-corrected chi connectivity index (χ3v) is 6.53. The van der Waals surface area contributed by atoms with Gasteiger partial charge in [0.1, 0.15) is 5.82 Å². The highest BCUT2D eigenvalue weighted by Crippen LogP contribution is 2.41. The van der Waals surface area contributed by atoms with Crippen LogP contribution in [0.1, 0.15) is 13.8 Å². The van der Waals surface area contributed by atoms with Gasteiger partial charge in [-0.25, -0.2) is 14.4 Å². The van der Waals surface area contributed by atoms with E-state index in [0.29, 0.717) is 22.9 Å². The highest BCUT2D eigenvalue weighted by atomic mass is 31.2. The lowest BCUT2D eigenvalue weighted by Crippen LogP contribution is -2.53. The molecule has 0 aliphatic carbocycles. The van der Waals surface area contributed by atoms with Crippen molar-refractivity contribution in [2.45, 2.75) is 19.4 Å². The first-order chi connectivity index (χ1) is 18.8. The summed E-state index contributed by atoms with van der Waals surface area (Å²) in [6.07, 6.45) is 0.375. The number of amides is 1. The normalized spacial score (nSPS) is 14.2. The zero-order chi connectivity index (χ0) is 29.2. The summed E-state index contributed by atoms with van der Waals surface area (Å²) in [5.41, 5.74) is -0.817. The highest BCUT2D eigenvalue weighted by Gasteiger charge is 2.42. The van der Waals surface area contributed by atoms with Crippen molar-refractivity contribution in [2.24, 2.45) is 0 Å². The van der Waals surface area contributed by atoms with E-state index in [1.54, 1.807) is 12.1 Å². The first-order valence-electron chi connectivity index (χ1n) is 11.8. The summed E-state index contributed by atoms with van der Waals surface area (Å²) in [7, 11) is 0.00182. The standard InChI is InChI=1S/C24H28FN6O8P/c1-24(2)22(32)31(8-9-40(33,34)35)21-15(39-24)6-7-18(29-21)28-20-14(25)12-26-23(30-20)27-13-10-16(36-3)19(38-5)17(11-13)37-4/h6-7,10-12H,8-9H2,1-5H3,(H2,33,34,35)(H2,26,27,28,29,30). The second-order valence-corrected chi connectivity index (χ2v) is 10.8. The molecule has 1 aliphatic rings. The number of nitrogens with zero attached hydrogens (tertiary/aromatic N) is 4. The number of halogens is 1. The van der Waals surface area contributed by atoms with Gasteiger partial charge in [0.2, 0.25) is 11.7 Å². The lowest BCUT2D eigenvalue weighted by atomic mass is 10.1. The summed E-state index contributed by atoms with van der Waals surface area (Å²) in [6.45, 7) is 2.77. The second-order valence-electron chi connectivity index (χ2n) is 9.03. The van der Waals surface area contributed by atoms with Crippen molar-refractivity contribution in [3.8, 4) is 23.0 Å². The number of nitrogens with one attached hydrogen (secondary N) is 2. The Morgan fingerprint density at radius 1 is 1.07 bits per heavy atom. The summed E-state index contributed by atoms with van der Waals surface area (Å²) in [4.78, 5) is 45.3.